The highest BCUT2D eigenvalue weighted by atomic mass is 79.9. The highest BCUT2D eigenvalue weighted by Crippen LogP contribution is 2.33. The van der Waals surface area contributed by atoms with E-state index in [9.17, 15) is 0 Å². The second-order valence-corrected chi connectivity index (χ2v) is 6.38. The fourth-order valence-electron chi connectivity index (χ4n) is 2.78. The van der Waals surface area contributed by atoms with E-state index in [-0.39, 0.29) is 5.41 Å². The molecule has 1 rings (SSSR count). The fraction of sp³-hybridized carbons (Fsp3) is 0.667. The SMILES string of the molecule is CCCc1ccc(OCC(CBr)(CCC)CCC)cc1. The summed E-state index contributed by atoms with van der Waals surface area (Å²) in [7, 11) is 0. The third-order valence-corrected chi connectivity index (χ3v) is 5.04. The Morgan fingerprint density at radius 2 is 1.55 bits per heavy atom. The number of aryl methyl sites for hydroxylation is 1. The molecule has 0 radical (unpaired) electrons. The quantitative estimate of drug-likeness (QED) is 0.474. The predicted molar refractivity (Wildman–Crippen MR) is 92.0 cm³/mol. The molecule has 2 heteroatoms. The molecule has 20 heavy (non-hydrogen) atoms. The molecule has 0 amide bonds. The van der Waals surface area contributed by atoms with E-state index in [1.54, 1.807) is 0 Å². The molecule has 1 nitrogen and oxygen atoms in total. The summed E-state index contributed by atoms with van der Waals surface area (Å²) in [6, 6.07) is 8.60. The summed E-state index contributed by atoms with van der Waals surface area (Å²) in [5.74, 6) is 1.00. The smallest absolute Gasteiger partial charge is 0.119 e. The van der Waals surface area contributed by atoms with Gasteiger partial charge >= 0.3 is 0 Å². The van der Waals surface area contributed by atoms with Crippen molar-refractivity contribution in [3.63, 3.8) is 0 Å². The number of rotatable bonds is 10. The van der Waals surface area contributed by atoms with Crippen molar-refractivity contribution in [2.45, 2.75) is 59.3 Å². The largest absolute Gasteiger partial charge is 0.493 e. The van der Waals surface area contributed by atoms with Crippen molar-refractivity contribution >= 4 is 15.9 Å². The Hall–Kier alpha value is -0.500. The van der Waals surface area contributed by atoms with Crippen LogP contribution < -0.4 is 4.74 Å². The van der Waals surface area contributed by atoms with Gasteiger partial charge in [0, 0.05) is 10.7 Å². The average Bonchev–Trinajstić information content (AvgIpc) is 2.47. The molecule has 0 bridgehead atoms. The molecule has 114 valence electrons. The summed E-state index contributed by atoms with van der Waals surface area (Å²) in [6.07, 6.45) is 7.21. The zero-order valence-electron chi connectivity index (χ0n) is 13.3. The molecule has 0 spiro atoms. The Kier molecular flexibility index (Phi) is 8.28. The summed E-state index contributed by atoms with van der Waals surface area (Å²) >= 11 is 3.70. The number of ether oxygens (including phenoxy) is 1. The van der Waals surface area contributed by atoms with Crippen LogP contribution in [0.25, 0.3) is 0 Å². The lowest BCUT2D eigenvalue weighted by Crippen LogP contribution is -2.30. The van der Waals surface area contributed by atoms with Gasteiger partial charge in [0.2, 0.25) is 0 Å². The first-order chi connectivity index (χ1) is 9.69. The highest BCUT2D eigenvalue weighted by molar-refractivity contribution is 9.09. The molecule has 0 unspecified atom stereocenters. The van der Waals surface area contributed by atoms with E-state index in [4.69, 9.17) is 4.74 Å². The lowest BCUT2D eigenvalue weighted by molar-refractivity contribution is 0.144. The van der Waals surface area contributed by atoms with E-state index in [1.807, 2.05) is 0 Å². The maximum absolute atomic E-state index is 6.07. The second-order valence-electron chi connectivity index (χ2n) is 5.82. The van der Waals surface area contributed by atoms with Gasteiger partial charge in [-0.05, 0) is 37.0 Å². The van der Waals surface area contributed by atoms with Crippen LogP contribution in [0, 0.1) is 5.41 Å². The summed E-state index contributed by atoms with van der Waals surface area (Å²) in [5, 5.41) is 1.02. The Balaban J connectivity index is 2.61. The van der Waals surface area contributed by atoms with Gasteiger partial charge in [0.1, 0.15) is 5.75 Å². The molecule has 1 aromatic carbocycles. The van der Waals surface area contributed by atoms with Crippen LogP contribution in [0.15, 0.2) is 24.3 Å². The zero-order valence-corrected chi connectivity index (χ0v) is 14.8. The monoisotopic (exact) mass is 340 g/mol. The van der Waals surface area contributed by atoms with Crippen molar-refractivity contribution in [1.82, 2.24) is 0 Å². The lowest BCUT2D eigenvalue weighted by atomic mass is 9.82. The molecule has 0 fully saturated rings. The molecule has 0 saturated carbocycles. The normalized spacial score (nSPS) is 11.6. The van der Waals surface area contributed by atoms with Crippen LogP contribution in [0.1, 0.15) is 58.4 Å². The number of hydrogen-bond acceptors (Lipinski definition) is 1. The van der Waals surface area contributed by atoms with E-state index in [0.29, 0.717) is 0 Å². The van der Waals surface area contributed by atoms with Crippen LogP contribution in [0.5, 0.6) is 5.75 Å². The van der Waals surface area contributed by atoms with Crippen molar-refractivity contribution in [1.29, 1.82) is 0 Å². The topological polar surface area (TPSA) is 9.23 Å². The van der Waals surface area contributed by atoms with Gasteiger partial charge in [-0.1, -0.05) is 68.1 Å². The number of alkyl halides is 1. The third kappa shape index (κ3) is 5.47. The molecule has 0 heterocycles. The Morgan fingerprint density at radius 3 is 2.00 bits per heavy atom. The minimum atomic E-state index is 0.283. The van der Waals surface area contributed by atoms with Gasteiger partial charge in [-0.25, -0.2) is 0 Å². The van der Waals surface area contributed by atoms with Crippen LogP contribution in [0.2, 0.25) is 0 Å². The first kappa shape index (κ1) is 17.6. The number of halogens is 1. The number of benzene rings is 1. The Labute approximate surface area is 133 Å². The van der Waals surface area contributed by atoms with Crippen molar-refractivity contribution in [3.05, 3.63) is 29.8 Å². The molecule has 0 saturated heterocycles. The third-order valence-electron chi connectivity index (χ3n) is 3.85. The molecule has 0 aliphatic rings. The molecular formula is C18H29BrO. The fourth-order valence-corrected chi connectivity index (χ4v) is 3.50. The molecule has 0 atom stereocenters. The van der Waals surface area contributed by atoms with E-state index in [2.05, 4.69) is 61.0 Å². The molecule has 0 aromatic heterocycles. The van der Waals surface area contributed by atoms with E-state index < -0.39 is 0 Å². The van der Waals surface area contributed by atoms with Gasteiger partial charge in [-0.2, -0.15) is 0 Å². The van der Waals surface area contributed by atoms with Gasteiger partial charge in [0.15, 0.2) is 0 Å². The Bertz CT molecular complexity index is 352. The van der Waals surface area contributed by atoms with Crippen molar-refractivity contribution in [3.8, 4) is 5.75 Å². The van der Waals surface area contributed by atoms with Gasteiger partial charge in [-0.3, -0.25) is 0 Å². The predicted octanol–water partition coefficient (Wildman–Crippen LogP) is 6.00. The van der Waals surface area contributed by atoms with E-state index in [1.165, 1.54) is 37.7 Å². The van der Waals surface area contributed by atoms with Crippen LogP contribution in [0.3, 0.4) is 0 Å². The maximum atomic E-state index is 6.07. The summed E-state index contributed by atoms with van der Waals surface area (Å²) < 4.78 is 6.07. The maximum Gasteiger partial charge on any atom is 0.119 e. The molecule has 0 aliphatic carbocycles. The summed E-state index contributed by atoms with van der Waals surface area (Å²) in [5.41, 5.74) is 1.68. The molecule has 0 N–H and O–H groups in total. The van der Waals surface area contributed by atoms with Crippen LogP contribution >= 0.6 is 15.9 Å². The molecule has 1 aromatic rings. The van der Waals surface area contributed by atoms with Crippen LogP contribution in [0.4, 0.5) is 0 Å². The average molecular weight is 341 g/mol. The minimum Gasteiger partial charge on any atom is -0.493 e. The van der Waals surface area contributed by atoms with Gasteiger partial charge in [0.05, 0.1) is 6.61 Å². The lowest BCUT2D eigenvalue weighted by Gasteiger charge is -2.31. The first-order valence-corrected chi connectivity index (χ1v) is 9.09. The van der Waals surface area contributed by atoms with Gasteiger partial charge in [-0.15, -0.1) is 0 Å². The zero-order chi connectivity index (χ0) is 14.8. The number of hydrogen-bond donors (Lipinski definition) is 0. The highest BCUT2D eigenvalue weighted by Gasteiger charge is 2.28. The van der Waals surface area contributed by atoms with Gasteiger partial charge < -0.3 is 4.74 Å². The molecule has 0 aliphatic heterocycles. The van der Waals surface area contributed by atoms with Gasteiger partial charge in [0.25, 0.3) is 0 Å². The minimum absolute atomic E-state index is 0.283. The molecular weight excluding hydrogens is 312 g/mol. The van der Waals surface area contributed by atoms with E-state index >= 15 is 0 Å². The summed E-state index contributed by atoms with van der Waals surface area (Å²) in [6.45, 7) is 7.54. The van der Waals surface area contributed by atoms with E-state index in [0.717, 1.165) is 24.1 Å². The van der Waals surface area contributed by atoms with Crippen molar-refractivity contribution in [2.75, 3.05) is 11.9 Å². The van der Waals surface area contributed by atoms with Crippen molar-refractivity contribution < 1.29 is 4.74 Å². The van der Waals surface area contributed by atoms with Crippen molar-refractivity contribution in [2.24, 2.45) is 5.41 Å². The second kappa shape index (κ2) is 9.44. The van der Waals surface area contributed by atoms with Crippen LogP contribution in [-0.2, 0) is 6.42 Å². The Morgan fingerprint density at radius 1 is 0.950 bits per heavy atom. The summed E-state index contributed by atoms with van der Waals surface area (Å²) in [4.78, 5) is 0. The van der Waals surface area contributed by atoms with Crippen LogP contribution in [-0.4, -0.2) is 11.9 Å². The first-order valence-electron chi connectivity index (χ1n) is 7.97. The standard InChI is InChI=1S/C18H29BrO/c1-4-7-16-8-10-17(11-9-16)20-15-18(14-19,12-5-2)13-6-3/h8-11H,4-7,12-15H2,1-3H3.